The number of methoxy groups -OCH3 is 1. The Labute approximate surface area is 509 Å². The molecular formula is C56H90N10O12S5. The smallest absolute Gasteiger partial charge is 0.329 e. The second kappa shape index (κ2) is 39.0. The number of allylic oxidation sites excluding steroid dienone is 7. The van der Waals surface area contributed by atoms with Crippen LogP contribution in [0.2, 0.25) is 0 Å². The third kappa shape index (κ3) is 30.7. The Hall–Kier alpha value is -4.77. The topological polar surface area (TPSA) is 332 Å². The molecule has 5 amide bonds. The summed E-state index contributed by atoms with van der Waals surface area (Å²) < 4.78 is 9.31. The molecular weight excluding hydrogens is 1170 g/mol. The van der Waals surface area contributed by atoms with Gasteiger partial charge in [0.15, 0.2) is 5.52 Å². The SMILES string of the molecule is COC(=O)[C@H](CSC/C=C(\C)CC/C=C(\C)CC/C=C(\C)CCC=C(C)C)NC(=O)[C@H](CO)NC(=O)[C@H](CSSC(C)(C)C)NC(=O)[C@H](CO)NC(=O)[C@H](CCCCNc1ccc([N+](=O)[O-])c2nonc12)NC(=O)[C@@H](N)CSSC(C)(C)C. The fourth-order valence-corrected chi connectivity index (χ4v) is 13.3. The number of anilines is 1. The Bertz CT molecular complexity index is 2550. The number of unbranched alkanes of at least 4 members (excludes halogenated alkanes) is 1. The molecule has 10 N–H and O–H groups in total. The van der Waals surface area contributed by atoms with E-state index in [4.69, 9.17) is 15.1 Å². The summed E-state index contributed by atoms with van der Waals surface area (Å²) in [6, 6.07) is -5.21. The monoisotopic (exact) mass is 1250 g/mol. The normalized spacial score (nSPS) is 14.6. The van der Waals surface area contributed by atoms with Crippen molar-refractivity contribution in [3.05, 3.63) is 68.8 Å². The van der Waals surface area contributed by atoms with Crippen LogP contribution >= 0.6 is 54.9 Å². The Morgan fingerprint density at radius 3 is 1.67 bits per heavy atom. The minimum atomic E-state index is -1.63. The van der Waals surface area contributed by atoms with Crippen LogP contribution in [0.25, 0.3) is 11.0 Å². The van der Waals surface area contributed by atoms with E-state index in [0.29, 0.717) is 30.8 Å². The van der Waals surface area contributed by atoms with E-state index in [0.717, 1.165) is 38.5 Å². The number of fused-ring (bicyclic) bond motifs is 1. The average molecular weight is 1260 g/mol. The van der Waals surface area contributed by atoms with Crippen LogP contribution in [0.3, 0.4) is 0 Å². The van der Waals surface area contributed by atoms with E-state index in [1.807, 2.05) is 48.5 Å². The molecule has 466 valence electrons. The number of hydrogen-bond donors (Lipinski definition) is 9. The summed E-state index contributed by atoms with van der Waals surface area (Å²) in [6.07, 6.45) is 15.6. The number of aromatic nitrogens is 2. The second-order valence-electron chi connectivity index (χ2n) is 22.1. The van der Waals surface area contributed by atoms with Crippen molar-refractivity contribution < 1.29 is 53.3 Å². The van der Waals surface area contributed by atoms with Gasteiger partial charge in [-0.05, 0) is 109 Å². The molecule has 0 bridgehead atoms. The number of nitrogens with zero attached hydrogens (tertiary/aromatic N) is 3. The number of non-ortho nitro benzene ring substituents is 1. The molecule has 0 aliphatic rings. The Kier molecular flexibility index (Phi) is 35.0. The number of nitro groups is 1. The lowest BCUT2D eigenvalue weighted by Gasteiger charge is -2.27. The van der Waals surface area contributed by atoms with Crippen LogP contribution in [-0.4, -0.2) is 157 Å². The Morgan fingerprint density at radius 1 is 0.663 bits per heavy atom. The number of hydrogen-bond acceptors (Lipinski definition) is 21. The van der Waals surface area contributed by atoms with Crippen molar-refractivity contribution in [3.63, 3.8) is 0 Å². The minimum absolute atomic E-state index is 0.0327. The molecule has 0 unspecified atom stereocenters. The lowest BCUT2D eigenvalue weighted by molar-refractivity contribution is -0.383. The van der Waals surface area contributed by atoms with Gasteiger partial charge in [-0.3, -0.25) is 34.1 Å². The van der Waals surface area contributed by atoms with Gasteiger partial charge < -0.3 is 52.6 Å². The number of aliphatic hydroxyl groups is 2. The van der Waals surface area contributed by atoms with Crippen molar-refractivity contribution in [2.24, 2.45) is 5.73 Å². The van der Waals surface area contributed by atoms with Gasteiger partial charge in [0, 0.05) is 45.1 Å². The van der Waals surface area contributed by atoms with E-state index in [-0.39, 0.29) is 49.9 Å². The van der Waals surface area contributed by atoms with Crippen LogP contribution in [-0.2, 0) is 33.5 Å². The van der Waals surface area contributed by atoms with Crippen LogP contribution in [0, 0.1) is 10.1 Å². The Morgan fingerprint density at radius 2 is 1.14 bits per heavy atom. The number of amides is 5. The lowest BCUT2D eigenvalue weighted by atomic mass is 10.0. The van der Waals surface area contributed by atoms with Crippen molar-refractivity contribution in [2.75, 3.05) is 55.2 Å². The molecule has 0 aliphatic heterocycles. The number of nitro benzene ring substituents is 1. The summed E-state index contributed by atoms with van der Waals surface area (Å²) in [5.41, 5.74) is 11.8. The zero-order valence-electron chi connectivity index (χ0n) is 50.2. The zero-order chi connectivity index (χ0) is 62.3. The molecule has 6 atom stereocenters. The second-order valence-corrected chi connectivity index (χ2v) is 29.5. The van der Waals surface area contributed by atoms with Crippen LogP contribution < -0.4 is 37.6 Å². The van der Waals surface area contributed by atoms with Crippen LogP contribution in [0.5, 0.6) is 0 Å². The van der Waals surface area contributed by atoms with Gasteiger partial charge in [0.1, 0.15) is 30.2 Å². The van der Waals surface area contributed by atoms with Crippen LogP contribution in [0.1, 0.15) is 134 Å². The minimum Gasteiger partial charge on any atom is -0.467 e. The lowest BCUT2D eigenvalue weighted by Crippen LogP contribution is -2.61. The van der Waals surface area contributed by atoms with Crippen molar-refractivity contribution >= 4 is 113 Å². The summed E-state index contributed by atoms with van der Waals surface area (Å²) in [5.74, 6) is -4.07. The number of nitrogens with one attached hydrogen (secondary N) is 6. The molecule has 2 rings (SSSR count). The Balaban J connectivity index is 2.16. The molecule has 1 heterocycles. The molecule has 0 saturated heterocycles. The molecule has 83 heavy (non-hydrogen) atoms. The van der Waals surface area contributed by atoms with E-state index < -0.39 is 89.9 Å². The van der Waals surface area contributed by atoms with E-state index in [2.05, 4.69) is 94.2 Å². The molecule has 0 saturated carbocycles. The first-order chi connectivity index (χ1) is 39.1. The van der Waals surface area contributed by atoms with E-state index >= 15 is 0 Å². The first kappa shape index (κ1) is 74.3. The van der Waals surface area contributed by atoms with E-state index in [1.54, 1.807) is 0 Å². The van der Waals surface area contributed by atoms with Gasteiger partial charge in [0.2, 0.25) is 35.1 Å². The van der Waals surface area contributed by atoms with Crippen LogP contribution in [0.15, 0.2) is 63.4 Å². The highest BCUT2D eigenvalue weighted by molar-refractivity contribution is 8.77. The molecule has 22 nitrogen and oxygen atoms in total. The number of rotatable bonds is 39. The van der Waals surface area contributed by atoms with Gasteiger partial charge in [0.25, 0.3) is 0 Å². The van der Waals surface area contributed by atoms with Crippen molar-refractivity contribution in [2.45, 2.75) is 180 Å². The molecule has 0 spiro atoms. The molecule has 27 heteroatoms. The fraction of sp³-hybridized carbons (Fsp3) is 0.643. The summed E-state index contributed by atoms with van der Waals surface area (Å²) in [5, 5.41) is 55.7. The number of benzene rings is 1. The van der Waals surface area contributed by atoms with Gasteiger partial charge in [0.05, 0.1) is 37.0 Å². The first-order valence-electron chi connectivity index (χ1n) is 27.6. The molecule has 1 aromatic heterocycles. The quantitative estimate of drug-likeness (QED) is 0.00768. The average Bonchev–Trinajstić information content (AvgIpc) is 4.18. The summed E-state index contributed by atoms with van der Waals surface area (Å²) in [6.45, 7) is 21.0. The highest BCUT2D eigenvalue weighted by Gasteiger charge is 2.34. The predicted octanol–water partition coefficient (Wildman–Crippen LogP) is 7.86. The number of carbonyl (C=O) groups is 6. The van der Waals surface area contributed by atoms with Gasteiger partial charge in [-0.1, -0.05) is 131 Å². The third-order valence-electron chi connectivity index (χ3n) is 12.0. The maximum absolute atomic E-state index is 14.0. The number of esters is 1. The highest BCUT2D eigenvalue weighted by atomic mass is 33.1. The number of nitrogens with two attached hydrogens (primary N) is 1. The van der Waals surface area contributed by atoms with Crippen LogP contribution in [0.4, 0.5) is 11.4 Å². The molecule has 0 aliphatic carbocycles. The first-order valence-corrected chi connectivity index (χ1v) is 33.4. The molecule has 1 aromatic carbocycles. The number of aliphatic hydroxyl groups excluding tert-OH is 2. The number of carbonyl (C=O) groups excluding carboxylic acids is 6. The molecule has 0 radical (unpaired) electrons. The van der Waals surface area contributed by atoms with Gasteiger partial charge >= 0.3 is 11.7 Å². The summed E-state index contributed by atoms with van der Waals surface area (Å²) in [7, 11) is 6.77. The third-order valence-corrected chi connectivity index (χ3v) is 19.6. The zero-order valence-corrected chi connectivity index (χ0v) is 54.3. The van der Waals surface area contributed by atoms with Gasteiger partial charge in [-0.15, -0.1) is 0 Å². The summed E-state index contributed by atoms with van der Waals surface area (Å²) >= 11 is 1.39. The van der Waals surface area contributed by atoms with Gasteiger partial charge in [-0.25, -0.2) is 9.42 Å². The maximum Gasteiger partial charge on any atom is 0.329 e. The van der Waals surface area contributed by atoms with Crippen molar-refractivity contribution in [3.8, 4) is 0 Å². The largest absolute Gasteiger partial charge is 0.467 e. The van der Waals surface area contributed by atoms with Crippen molar-refractivity contribution in [1.82, 2.24) is 36.9 Å². The van der Waals surface area contributed by atoms with Crippen molar-refractivity contribution in [1.29, 1.82) is 0 Å². The standard InChI is InChI=1S/C56H90N10O12S5/c1-35(2)18-15-19-36(3)20-16-21-37(4)22-17-23-38(5)27-29-79-33-45(54(74)77-12)63-52(72)43(31-68)61-53(73)44(34-81-83-56(9,10)11)62-51(71)42(30-67)60-50(70)41(59-49(69)39(57)32-80-82-55(6,7)8)24-13-14-28-58-40-25-26-46(66(75)76)48-47(40)64-78-65-48/h18,20,22,25-27,39,41-45,58,67-68H,13-17,19,21,23-24,28-34,57H2,1-12H3,(H,59,69)(H,60,70)(H,61,73)(H,62,71)(H,63,72)/b36-20+,37-22+,38-27+/t39-,41-,42-,43-,44-,45-/m0/s1. The number of thioether (sulfide) groups is 1. The highest BCUT2D eigenvalue weighted by Crippen LogP contribution is 2.36. The fourth-order valence-electron chi connectivity index (χ4n) is 7.37. The summed E-state index contributed by atoms with van der Waals surface area (Å²) in [4.78, 5) is 92.7. The van der Waals surface area contributed by atoms with Gasteiger partial charge in [-0.2, -0.15) is 11.8 Å². The van der Waals surface area contributed by atoms with E-state index in [9.17, 15) is 49.1 Å². The maximum atomic E-state index is 14.0. The molecule has 0 fully saturated rings. The molecule has 2 aromatic rings. The van der Waals surface area contributed by atoms with E-state index in [1.165, 1.54) is 96.5 Å². The number of ether oxygens (including phenoxy) is 1. The predicted molar refractivity (Wildman–Crippen MR) is 340 cm³/mol.